The maximum Gasteiger partial charge on any atom is 0.326 e. The number of rotatable bonds is 6. The summed E-state index contributed by atoms with van der Waals surface area (Å²) in [5.41, 5.74) is 0.811. The Bertz CT molecular complexity index is 514. The predicted molar refractivity (Wildman–Crippen MR) is 72.0 cm³/mol. The monoisotopic (exact) mass is 301 g/mol. The van der Waals surface area contributed by atoms with Gasteiger partial charge in [-0.1, -0.05) is 13.8 Å². The normalized spacial score (nSPS) is 11.9. The van der Waals surface area contributed by atoms with Crippen LogP contribution in [0.3, 0.4) is 0 Å². The minimum Gasteiger partial charge on any atom is -0.481 e. The lowest BCUT2D eigenvalue weighted by Crippen LogP contribution is -2.44. The summed E-state index contributed by atoms with van der Waals surface area (Å²) in [5.74, 6) is -2.51. The number of aromatic nitrogens is 1. The van der Waals surface area contributed by atoms with Crippen LogP contribution in [-0.2, 0) is 9.59 Å². The molecule has 0 aliphatic rings. The highest BCUT2D eigenvalue weighted by atomic mass is 32.1. The zero-order chi connectivity index (χ0) is 15.3. The Balaban J connectivity index is 2.60. The van der Waals surface area contributed by atoms with E-state index in [9.17, 15) is 14.4 Å². The second-order valence-electron chi connectivity index (χ2n) is 4.32. The average Bonchev–Trinajstić information content (AvgIpc) is 2.75. The van der Waals surface area contributed by atoms with Gasteiger partial charge in [-0.3, -0.25) is 10.1 Å². The van der Waals surface area contributed by atoms with E-state index in [0.717, 1.165) is 5.69 Å². The molecule has 1 aromatic rings. The standard InChI is InChI=1S/C11H15N3O5S/c1-5(2)7-4-20-11(13-7)14-10(19)12-6(9(17)18)3-8(15)16/h4-6H,3H2,1-2H3,(H,15,16)(H,17,18)(H2,12,13,14,19)/t6-/m1/s1. The van der Waals surface area contributed by atoms with Crippen molar-refractivity contribution in [1.82, 2.24) is 10.3 Å². The van der Waals surface area contributed by atoms with Crippen molar-refractivity contribution in [2.75, 3.05) is 5.32 Å². The van der Waals surface area contributed by atoms with E-state index in [2.05, 4.69) is 15.6 Å². The number of carboxylic acids is 2. The summed E-state index contributed by atoms with van der Waals surface area (Å²) >= 11 is 1.21. The fourth-order valence-corrected chi connectivity index (χ4v) is 2.14. The van der Waals surface area contributed by atoms with Crippen molar-refractivity contribution in [3.05, 3.63) is 11.1 Å². The molecule has 9 heteroatoms. The van der Waals surface area contributed by atoms with Crippen LogP contribution in [0.2, 0.25) is 0 Å². The molecule has 0 aliphatic heterocycles. The van der Waals surface area contributed by atoms with Gasteiger partial charge in [0.05, 0.1) is 12.1 Å². The molecule has 4 N–H and O–H groups in total. The van der Waals surface area contributed by atoms with E-state index in [1.165, 1.54) is 11.3 Å². The topological polar surface area (TPSA) is 129 Å². The molecule has 2 amide bonds. The molecule has 0 fully saturated rings. The minimum absolute atomic E-state index is 0.212. The largest absolute Gasteiger partial charge is 0.481 e. The van der Waals surface area contributed by atoms with Crippen LogP contribution in [0.25, 0.3) is 0 Å². The van der Waals surface area contributed by atoms with Crippen LogP contribution in [0.5, 0.6) is 0 Å². The third-order valence-corrected chi connectivity index (χ3v) is 3.09. The van der Waals surface area contributed by atoms with Crippen molar-refractivity contribution in [3.8, 4) is 0 Å². The quantitative estimate of drug-likeness (QED) is 0.627. The Morgan fingerprint density at radius 2 is 2.00 bits per heavy atom. The first-order chi connectivity index (χ1) is 9.29. The summed E-state index contributed by atoms with van der Waals surface area (Å²) in [6.07, 6.45) is -0.697. The third kappa shape index (κ3) is 4.84. The van der Waals surface area contributed by atoms with Gasteiger partial charge in [-0.15, -0.1) is 11.3 Å². The van der Waals surface area contributed by atoms with Crippen molar-refractivity contribution in [1.29, 1.82) is 0 Å². The maximum atomic E-state index is 11.6. The number of carboxylic acid groups (broad SMARTS) is 2. The summed E-state index contributed by atoms with van der Waals surface area (Å²) in [4.78, 5) is 37.0. The lowest BCUT2D eigenvalue weighted by atomic mass is 10.2. The first kappa shape index (κ1) is 15.9. The molecule has 1 heterocycles. The van der Waals surface area contributed by atoms with Crippen molar-refractivity contribution in [2.45, 2.75) is 32.2 Å². The van der Waals surface area contributed by atoms with Crippen LogP contribution >= 0.6 is 11.3 Å². The molecule has 0 unspecified atom stereocenters. The highest BCUT2D eigenvalue weighted by molar-refractivity contribution is 7.13. The van der Waals surface area contributed by atoms with Gasteiger partial charge in [-0.2, -0.15) is 0 Å². The first-order valence-corrected chi connectivity index (χ1v) is 6.65. The predicted octanol–water partition coefficient (Wildman–Crippen LogP) is 1.32. The van der Waals surface area contributed by atoms with Crippen LogP contribution in [0, 0.1) is 0 Å². The van der Waals surface area contributed by atoms with Crippen LogP contribution < -0.4 is 10.6 Å². The van der Waals surface area contributed by atoms with Gasteiger partial charge >= 0.3 is 18.0 Å². The first-order valence-electron chi connectivity index (χ1n) is 5.77. The number of hydrogen-bond donors (Lipinski definition) is 4. The number of thiazole rings is 1. The van der Waals surface area contributed by atoms with Gasteiger partial charge in [0.2, 0.25) is 0 Å². The van der Waals surface area contributed by atoms with Crippen molar-refractivity contribution < 1.29 is 24.6 Å². The Labute approximate surface area is 118 Å². The van der Waals surface area contributed by atoms with E-state index in [1.54, 1.807) is 5.38 Å². The second-order valence-corrected chi connectivity index (χ2v) is 5.18. The fourth-order valence-electron chi connectivity index (χ4n) is 1.27. The molecule has 8 nitrogen and oxygen atoms in total. The van der Waals surface area contributed by atoms with Crippen LogP contribution in [0.15, 0.2) is 5.38 Å². The van der Waals surface area contributed by atoms with Gasteiger partial charge in [0.25, 0.3) is 0 Å². The van der Waals surface area contributed by atoms with Crippen molar-refractivity contribution >= 4 is 34.4 Å². The zero-order valence-electron chi connectivity index (χ0n) is 10.9. The highest BCUT2D eigenvalue weighted by Crippen LogP contribution is 2.21. The molecule has 0 saturated carbocycles. The fraction of sp³-hybridized carbons (Fsp3) is 0.455. The van der Waals surface area contributed by atoms with E-state index in [0.29, 0.717) is 5.13 Å². The van der Waals surface area contributed by atoms with Crippen LogP contribution in [0.1, 0.15) is 31.9 Å². The molecule has 0 aliphatic carbocycles. The Hall–Kier alpha value is -2.16. The molecule has 1 aromatic heterocycles. The molecule has 0 saturated heterocycles. The van der Waals surface area contributed by atoms with Gasteiger partial charge < -0.3 is 15.5 Å². The number of amides is 2. The van der Waals surface area contributed by atoms with Crippen molar-refractivity contribution in [2.24, 2.45) is 0 Å². The Morgan fingerprint density at radius 1 is 1.35 bits per heavy atom. The molecule has 110 valence electrons. The maximum absolute atomic E-state index is 11.6. The van der Waals surface area contributed by atoms with E-state index in [-0.39, 0.29) is 5.92 Å². The number of carbonyl (C=O) groups is 3. The average molecular weight is 301 g/mol. The molecule has 0 radical (unpaired) electrons. The number of carbonyl (C=O) groups excluding carboxylic acids is 1. The number of urea groups is 1. The summed E-state index contributed by atoms with van der Waals surface area (Å²) in [6, 6.07) is -2.29. The highest BCUT2D eigenvalue weighted by Gasteiger charge is 2.23. The molecule has 0 spiro atoms. The molecular weight excluding hydrogens is 286 g/mol. The molecule has 1 rings (SSSR count). The number of aliphatic carboxylic acids is 2. The molecular formula is C11H15N3O5S. The zero-order valence-corrected chi connectivity index (χ0v) is 11.7. The Kier molecular flexibility index (Phi) is 5.44. The third-order valence-electron chi connectivity index (χ3n) is 2.32. The molecule has 1 atom stereocenters. The SMILES string of the molecule is CC(C)c1csc(NC(=O)N[C@H](CC(=O)O)C(=O)O)n1. The van der Waals surface area contributed by atoms with Crippen LogP contribution in [0.4, 0.5) is 9.93 Å². The van der Waals surface area contributed by atoms with E-state index in [4.69, 9.17) is 10.2 Å². The van der Waals surface area contributed by atoms with Gasteiger partial charge in [0.15, 0.2) is 5.13 Å². The molecule has 20 heavy (non-hydrogen) atoms. The number of nitrogens with zero attached hydrogens (tertiary/aromatic N) is 1. The van der Waals surface area contributed by atoms with E-state index in [1.807, 2.05) is 13.8 Å². The molecule has 0 aromatic carbocycles. The van der Waals surface area contributed by atoms with Gasteiger partial charge in [0.1, 0.15) is 6.04 Å². The van der Waals surface area contributed by atoms with Gasteiger partial charge in [-0.25, -0.2) is 14.6 Å². The van der Waals surface area contributed by atoms with Gasteiger partial charge in [0, 0.05) is 5.38 Å². The summed E-state index contributed by atoms with van der Waals surface area (Å²) in [5, 5.41) is 23.9. The lowest BCUT2D eigenvalue weighted by molar-refractivity contribution is -0.145. The van der Waals surface area contributed by atoms with E-state index >= 15 is 0 Å². The number of anilines is 1. The summed E-state index contributed by atoms with van der Waals surface area (Å²) in [6.45, 7) is 3.90. The van der Waals surface area contributed by atoms with E-state index < -0.39 is 30.4 Å². The van der Waals surface area contributed by atoms with Gasteiger partial charge in [-0.05, 0) is 5.92 Å². The minimum atomic E-state index is -1.49. The Morgan fingerprint density at radius 3 is 2.45 bits per heavy atom. The van der Waals surface area contributed by atoms with Crippen LogP contribution in [-0.4, -0.2) is 39.2 Å². The smallest absolute Gasteiger partial charge is 0.326 e. The summed E-state index contributed by atoms with van der Waals surface area (Å²) < 4.78 is 0. The number of hydrogen-bond acceptors (Lipinski definition) is 5. The summed E-state index contributed by atoms with van der Waals surface area (Å²) in [7, 11) is 0. The number of nitrogens with one attached hydrogen (secondary N) is 2. The molecule has 0 bridgehead atoms. The second kappa shape index (κ2) is 6.85. The lowest BCUT2D eigenvalue weighted by Gasteiger charge is -2.12. The van der Waals surface area contributed by atoms with Crippen molar-refractivity contribution in [3.63, 3.8) is 0 Å².